The van der Waals surface area contributed by atoms with Crippen molar-refractivity contribution in [2.75, 3.05) is 5.75 Å². The molecule has 132 valence electrons. The monoisotopic (exact) mass is 388 g/mol. The van der Waals surface area contributed by atoms with Crippen molar-refractivity contribution in [2.24, 2.45) is 0 Å². The van der Waals surface area contributed by atoms with Crippen LogP contribution in [-0.2, 0) is 24.2 Å². The van der Waals surface area contributed by atoms with Crippen LogP contribution in [0.1, 0.15) is 39.5 Å². The summed E-state index contributed by atoms with van der Waals surface area (Å²) in [5.41, 5.74) is 1.87. The normalized spacial score (nSPS) is 20.4. The van der Waals surface area contributed by atoms with E-state index in [1.54, 1.807) is 0 Å². The fraction of sp³-hybridized carbons (Fsp3) is 0.750. The zero-order valence-electron chi connectivity index (χ0n) is 12.6. The lowest BCUT2D eigenvalue weighted by Crippen LogP contribution is -2.53. The maximum atomic E-state index is 11.9. The van der Waals surface area contributed by atoms with Gasteiger partial charge in [0.15, 0.2) is 4.33 Å². The highest BCUT2D eigenvalue weighted by molar-refractivity contribution is 8.01. The summed E-state index contributed by atoms with van der Waals surface area (Å²) < 4.78 is -1.78. The maximum Gasteiger partial charge on any atom is 0.348 e. The van der Waals surface area contributed by atoms with E-state index in [1.807, 2.05) is 12.6 Å². The van der Waals surface area contributed by atoms with Gasteiger partial charge in [-0.3, -0.25) is 9.59 Å². The molecule has 0 radical (unpaired) electrons. The predicted molar refractivity (Wildman–Crippen MR) is 84.2 cm³/mol. The van der Waals surface area contributed by atoms with Crippen LogP contribution in [-0.4, -0.2) is 43.0 Å². The third kappa shape index (κ3) is 5.47. The molecule has 0 saturated carbocycles. The van der Waals surface area contributed by atoms with Crippen molar-refractivity contribution in [2.45, 2.75) is 48.8 Å². The summed E-state index contributed by atoms with van der Waals surface area (Å²) in [6.07, 6.45) is 1.58. The number of carbonyl (C=O) groups excluding carboxylic acids is 2. The van der Waals surface area contributed by atoms with E-state index in [1.165, 1.54) is 6.92 Å². The molecule has 2 amide bonds. The number of unbranched alkanes of at least 4 members (excludes halogenated alkanes) is 1. The van der Waals surface area contributed by atoms with Gasteiger partial charge in [-0.1, -0.05) is 42.2 Å². The summed E-state index contributed by atoms with van der Waals surface area (Å²) in [4.78, 5) is 42.8. The molecule has 0 bridgehead atoms. The number of nitrogens with one attached hydrogen (secondary N) is 1. The van der Waals surface area contributed by atoms with E-state index in [0.717, 1.165) is 24.6 Å². The second-order valence-electron chi connectivity index (χ2n) is 4.93. The van der Waals surface area contributed by atoms with Gasteiger partial charge in [0.2, 0.25) is 4.93 Å². The molecule has 0 aromatic heterocycles. The van der Waals surface area contributed by atoms with Crippen molar-refractivity contribution in [1.82, 2.24) is 10.7 Å². The molecule has 11 heteroatoms. The van der Waals surface area contributed by atoms with Crippen LogP contribution < -0.4 is 5.64 Å². The summed E-state index contributed by atoms with van der Waals surface area (Å²) in [6.45, 7) is 3.29. The molecule has 0 aromatic rings. The lowest BCUT2D eigenvalue weighted by molar-refractivity contribution is -0.298. The van der Waals surface area contributed by atoms with Gasteiger partial charge in [-0.25, -0.2) is 9.63 Å². The van der Waals surface area contributed by atoms with Gasteiger partial charge in [0.25, 0.3) is 11.8 Å². The second-order valence-corrected chi connectivity index (χ2v) is 7.89. The Bertz CT molecular complexity index is 478. The second kappa shape index (κ2) is 8.50. The average Bonchev–Trinajstić information content (AvgIpc) is 2.47. The Balaban J connectivity index is 2.60. The molecule has 2 N–H and O–H groups in total. The van der Waals surface area contributed by atoms with Crippen LogP contribution in [0.25, 0.3) is 0 Å². The molecule has 1 unspecified atom stereocenters. The minimum atomic E-state index is -1.78. The molecule has 0 spiro atoms. The van der Waals surface area contributed by atoms with Crippen LogP contribution in [0.3, 0.4) is 0 Å². The Morgan fingerprint density at radius 3 is 2.74 bits per heavy atom. The third-order valence-electron chi connectivity index (χ3n) is 3.01. The first-order valence-electron chi connectivity index (χ1n) is 6.86. The van der Waals surface area contributed by atoms with Crippen LogP contribution in [0, 0.1) is 0 Å². The molecule has 0 aromatic carbocycles. The van der Waals surface area contributed by atoms with Crippen molar-refractivity contribution in [3.05, 3.63) is 0 Å². The predicted octanol–water partition coefficient (Wildman–Crippen LogP) is 2.01. The van der Waals surface area contributed by atoms with Gasteiger partial charge >= 0.3 is 5.97 Å². The van der Waals surface area contributed by atoms with Crippen molar-refractivity contribution in [3.8, 4) is 0 Å². The number of aliphatic carboxylic acids is 1. The van der Waals surface area contributed by atoms with Crippen LogP contribution in [0.5, 0.6) is 0 Å². The Kier molecular flexibility index (Phi) is 7.56. The maximum absolute atomic E-state index is 11.9. The highest BCUT2D eigenvalue weighted by Crippen LogP contribution is 2.34. The average molecular weight is 389 g/mol. The van der Waals surface area contributed by atoms with Gasteiger partial charge < -0.3 is 5.11 Å². The van der Waals surface area contributed by atoms with Crippen molar-refractivity contribution in [1.29, 1.82) is 0 Å². The Hall–Kier alpha value is -0.580. The molecule has 1 fully saturated rings. The largest absolute Gasteiger partial charge is 0.478 e. The summed E-state index contributed by atoms with van der Waals surface area (Å²) in [7, 11) is 0. The summed E-state index contributed by atoms with van der Waals surface area (Å²) in [5, 5.41) is 9.55. The lowest BCUT2D eigenvalue weighted by Gasteiger charge is -2.31. The van der Waals surface area contributed by atoms with Gasteiger partial charge in [0.1, 0.15) is 0 Å². The molecule has 23 heavy (non-hydrogen) atoms. The van der Waals surface area contributed by atoms with E-state index in [0.29, 0.717) is 10.8 Å². The van der Waals surface area contributed by atoms with Gasteiger partial charge in [0.05, 0.1) is 0 Å². The summed E-state index contributed by atoms with van der Waals surface area (Å²) >= 11 is 12.6. The Labute approximate surface area is 147 Å². The highest BCUT2D eigenvalue weighted by Gasteiger charge is 2.46. The summed E-state index contributed by atoms with van der Waals surface area (Å²) in [5.74, 6) is -2.33. The fourth-order valence-electron chi connectivity index (χ4n) is 1.51. The van der Waals surface area contributed by atoms with Crippen LogP contribution in [0.15, 0.2) is 0 Å². The molecule has 1 aliphatic rings. The molecule has 1 atom stereocenters. The molecular formula is C12H18Cl2N2O6S. The van der Waals surface area contributed by atoms with Crippen LogP contribution in [0.2, 0.25) is 0 Å². The number of halogens is 2. The smallest absolute Gasteiger partial charge is 0.348 e. The number of imide groups is 1. The number of carboxylic acids is 1. The SMILES string of the molecule is CCCCSC(C)(ONON1C(=O)CCC(Cl)(Cl)C1=O)C(=O)O. The van der Waals surface area contributed by atoms with Crippen LogP contribution in [0.4, 0.5) is 0 Å². The van der Waals surface area contributed by atoms with Gasteiger partial charge in [0, 0.05) is 6.42 Å². The first-order chi connectivity index (χ1) is 10.6. The number of carbonyl (C=O) groups is 3. The lowest BCUT2D eigenvalue weighted by atomic mass is 10.1. The zero-order chi connectivity index (χ0) is 17.7. The molecular weight excluding hydrogens is 371 g/mol. The quantitative estimate of drug-likeness (QED) is 0.203. The molecule has 8 nitrogen and oxygen atoms in total. The van der Waals surface area contributed by atoms with Crippen molar-refractivity contribution >= 4 is 52.7 Å². The van der Waals surface area contributed by atoms with E-state index in [4.69, 9.17) is 33.0 Å². The van der Waals surface area contributed by atoms with E-state index in [2.05, 4.69) is 0 Å². The number of hydroxylamine groups is 2. The Morgan fingerprint density at radius 2 is 2.17 bits per heavy atom. The van der Waals surface area contributed by atoms with Gasteiger partial charge in [-0.2, -0.15) is 0 Å². The molecule has 1 rings (SSSR count). The number of hydrogen-bond donors (Lipinski definition) is 2. The number of alkyl halides is 2. The number of piperidine rings is 1. The fourth-order valence-corrected chi connectivity index (χ4v) is 2.89. The minimum absolute atomic E-state index is 0.0335. The highest BCUT2D eigenvalue weighted by atomic mass is 35.5. The molecule has 1 aliphatic heterocycles. The van der Waals surface area contributed by atoms with Crippen LogP contribution >= 0.6 is 35.0 Å². The number of thioether (sulfide) groups is 1. The number of carboxylic acid groups (broad SMARTS) is 1. The molecule has 1 heterocycles. The van der Waals surface area contributed by atoms with Crippen molar-refractivity contribution in [3.63, 3.8) is 0 Å². The summed E-state index contributed by atoms with van der Waals surface area (Å²) in [6, 6.07) is 0. The van der Waals surface area contributed by atoms with E-state index in [-0.39, 0.29) is 12.8 Å². The first-order valence-corrected chi connectivity index (χ1v) is 8.60. The van der Waals surface area contributed by atoms with E-state index >= 15 is 0 Å². The number of amides is 2. The van der Waals surface area contributed by atoms with Gasteiger partial charge in [-0.15, -0.1) is 21.8 Å². The third-order valence-corrected chi connectivity index (χ3v) is 5.01. The van der Waals surface area contributed by atoms with Crippen molar-refractivity contribution < 1.29 is 29.3 Å². The number of nitrogens with zero attached hydrogens (tertiary/aromatic N) is 1. The van der Waals surface area contributed by atoms with E-state index in [9.17, 15) is 19.5 Å². The molecule has 0 aliphatic carbocycles. The van der Waals surface area contributed by atoms with Gasteiger partial charge in [-0.05, 0) is 25.5 Å². The number of rotatable bonds is 9. The number of hydrogen-bond acceptors (Lipinski definition) is 7. The standard InChI is InChI=1S/C12H18Cl2N2O6S/c1-3-4-7-23-11(2,10(19)20)21-15-22-16-8(17)5-6-12(13,14)9(16)18/h15H,3-7H2,1-2H3,(H,19,20). The Morgan fingerprint density at radius 1 is 1.52 bits per heavy atom. The first kappa shape index (κ1) is 20.5. The zero-order valence-corrected chi connectivity index (χ0v) is 15.0. The minimum Gasteiger partial charge on any atom is -0.478 e. The van der Waals surface area contributed by atoms with E-state index < -0.39 is 27.1 Å². The molecule has 1 saturated heterocycles. The topological polar surface area (TPSA) is 105 Å².